The third kappa shape index (κ3) is 3.84. The first-order valence-corrected chi connectivity index (χ1v) is 8.13. The van der Waals surface area contributed by atoms with Gasteiger partial charge < -0.3 is 15.3 Å². The van der Waals surface area contributed by atoms with Gasteiger partial charge in [0, 0.05) is 24.5 Å². The van der Waals surface area contributed by atoms with Crippen molar-refractivity contribution in [3.63, 3.8) is 0 Å². The highest BCUT2D eigenvalue weighted by atomic mass is 19.4. The molecule has 0 spiro atoms. The summed E-state index contributed by atoms with van der Waals surface area (Å²) in [5.41, 5.74) is 6.71. The van der Waals surface area contributed by atoms with Crippen molar-refractivity contribution in [2.75, 3.05) is 7.05 Å². The molecule has 0 unspecified atom stereocenters. The molecule has 1 aromatic heterocycles. The van der Waals surface area contributed by atoms with E-state index in [9.17, 15) is 17.6 Å². The van der Waals surface area contributed by atoms with Crippen molar-refractivity contribution in [3.8, 4) is 5.69 Å². The molecule has 0 aliphatic carbocycles. The monoisotopic (exact) mass is 391 g/mol. The van der Waals surface area contributed by atoms with Crippen molar-refractivity contribution >= 4 is 11.4 Å². The Morgan fingerprint density at radius 2 is 1.71 bits per heavy atom. The zero-order chi connectivity index (χ0) is 20.5. The van der Waals surface area contributed by atoms with Crippen LogP contribution in [0, 0.1) is 5.82 Å². The summed E-state index contributed by atoms with van der Waals surface area (Å²) < 4.78 is 53.8. The minimum Gasteiger partial charge on any atom is -0.396 e. The SMILES string of the molecule is CN(N)/C(=C(\N)c1ccccc1F)c1cn(-c2ccc(C(F)(F)F)cc2)cn1. The Morgan fingerprint density at radius 1 is 1.07 bits per heavy atom. The van der Waals surface area contributed by atoms with Crippen LogP contribution in [0.5, 0.6) is 0 Å². The van der Waals surface area contributed by atoms with Gasteiger partial charge in [-0.15, -0.1) is 0 Å². The molecule has 0 amide bonds. The first-order valence-electron chi connectivity index (χ1n) is 8.13. The zero-order valence-electron chi connectivity index (χ0n) is 14.8. The average molecular weight is 391 g/mol. The quantitative estimate of drug-likeness (QED) is 0.405. The lowest BCUT2D eigenvalue weighted by atomic mass is 10.1. The van der Waals surface area contributed by atoms with Crippen LogP contribution >= 0.6 is 0 Å². The Labute approximate surface area is 158 Å². The van der Waals surface area contributed by atoms with Crippen LogP contribution in [-0.2, 0) is 6.18 Å². The standard InChI is InChI=1S/C19H17F4N5/c1-27(25)18(17(24)14-4-2-3-5-15(14)20)16-10-28(11-26-16)13-8-6-12(7-9-13)19(21,22)23/h2-11H,24-25H2,1H3/b18-17-. The molecule has 0 bridgehead atoms. The van der Waals surface area contributed by atoms with Crippen LogP contribution in [0.3, 0.4) is 0 Å². The highest BCUT2D eigenvalue weighted by Gasteiger charge is 2.30. The van der Waals surface area contributed by atoms with Gasteiger partial charge in [0.05, 0.1) is 17.6 Å². The second kappa shape index (κ2) is 7.35. The van der Waals surface area contributed by atoms with Crippen LogP contribution in [0.1, 0.15) is 16.8 Å². The molecule has 0 saturated heterocycles. The number of hydrogen-bond donors (Lipinski definition) is 2. The summed E-state index contributed by atoms with van der Waals surface area (Å²) in [5, 5.41) is 1.21. The number of nitrogens with two attached hydrogens (primary N) is 2. The highest BCUT2D eigenvalue weighted by molar-refractivity contribution is 5.87. The van der Waals surface area contributed by atoms with E-state index in [1.165, 1.54) is 53.3 Å². The Bertz CT molecular complexity index is 1000. The summed E-state index contributed by atoms with van der Waals surface area (Å²) in [6, 6.07) is 10.6. The lowest BCUT2D eigenvalue weighted by Crippen LogP contribution is -2.27. The second-order valence-electron chi connectivity index (χ2n) is 6.06. The number of hydrogen-bond acceptors (Lipinski definition) is 4. The Balaban J connectivity index is 2.01. The van der Waals surface area contributed by atoms with E-state index in [1.54, 1.807) is 12.3 Å². The fraction of sp³-hybridized carbons (Fsp3) is 0.105. The normalized spacial score (nSPS) is 12.6. The van der Waals surface area contributed by atoms with E-state index in [2.05, 4.69) is 4.98 Å². The van der Waals surface area contributed by atoms with Crippen LogP contribution in [0.4, 0.5) is 17.6 Å². The number of aromatic nitrogens is 2. The Hall–Kier alpha value is -3.33. The molecule has 3 rings (SSSR count). The minimum atomic E-state index is -4.41. The van der Waals surface area contributed by atoms with Crippen LogP contribution in [0.2, 0.25) is 0 Å². The molecule has 0 saturated carbocycles. The molecule has 28 heavy (non-hydrogen) atoms. The molecule has 0 atom stereocenters. The van der Waals surface area contributed by atoms with Crippen LogP contribution in [0.15, 0.2) is 61.1 Å². The molecule has 0 aliphatic heterocycles. The van der Waals surface area contributed by atoms with E-state index >= 15 is 0 Å². The third-order valence-corrected chi connectivity index (χ3v) is 4.09. The number of alkyl halides is 3. The van der Waals surface area contributed by atoms with Crippen molar-refractivity contribution < 1.29 is 17.6 Å². The van der Waals surface area contributed by atoms with Crippen molar-refractivity contribution in [1.29, 1.82) is 0 Å². The largest absolute Gasteiger partial charge is 0.416 e. The summed E-state index contributed by atoms with van der Waals surface area (Å²) in [4.78, 5) is 4.22. The van der Waals surface area contributed by atoms with E-state index in [1.807, 2.05) is 0 Å². The maximum absolute atomic E-state index is 14.1. The molecule has 9 heteroatoms. The number of benzene rings is 2. The van der Waals surface area contributed by atoms with E-state index in [4.69, 9.17) is 11.6 Å². The van der Waals surface area contributed by atoms with Crippen LogP contribution in [0.25, 0.3) is 17.1 Å². The van der Waals surface area contributed by atoms with Gasteiger partial charge in [-0.25, -0.2) is 15.2 Å². The van der Waals surface area contributed by atoms with Gasteiger partial charge in [0.2, 0.25) is 0 Å². The summed E-state index contributed by atoms with van der Waals surface area (Å²) in [6.45, 7) is 0. The topological polar surface area (TPSA) is 73.1 Å². The summed E-state index contributed by atoms with van der Waals surface area (Å²) >= 11 is 0. The predicted octanol–water partition coefficient (Wildman–Crippen LogP) is 3.62. The molecule has 3 aromatic rings. The predicted molar refractivity (Wildman–Crippen MR) is 97.9 cm³/mol. The summed E-state index contributed by atoms with van der Waals surface area (Å²) in [6.07, 6.45) is -1.45. The van der Waals surface area contributed by atoms with Gasteiger partial charge in [0.25, 0.3) is 0 Å². The Morgan fingerprint density at radius 3 is 2.29 bits per heavy atom. The summed E-state index contributed by atoms with van der Waals surface area (Å²) in [5.74, 6) is 5.36. The smallest absolute Gasteiger partial charge is 0.396 e. The van der Waals surface area contributed by atoms with Crippen LogP contribution in [-0.4, -0.2) is 21.6 Å². The molecule has 2 aromatic carbocycles. The first-order chi connectivity index (χ1) is 13.2. The van der Waals surface area contributed by atoms with E-state index in [-0.39, 0.29) is 17.0 Å². The van der Waals surface area contributed by atoms with Gasteiger partial charge in [-0.2, -0.15) is 13.2 Å². The molecule has 0 fully saturated rings. The van der Waals surface area contributed by atoms with E-state index in [0.717, 1.165) is 12.1 Å². The zero-order valence-corrected chi connectivity index (χ0v) is 14.8. The highest BCUT2D eigenvalue weighted by Crippen LogP contribution is 2.30. The first kappa shape index (κ1) is 19.4. The second-order valence-corrected chi connectivity index (χ2v) is 6.06. The van der Waals surface area contributed by atoms with E-state index in [0.29, 0.717) is 11.4 Å². The minimum absolute atomic E-state index is 0.0840. The maximum atomic E-state index is 14.1. The number of nitrogens with zero attached hydrogens (tertiary/aromatic N) is 3. The number of rotatable bonds is 4. The van der Waals surface area contributed by atoms with Gasteiger partial charge in [0.15, 0.2) is 0 Å². The van der Waals surface area contributed by atoms with Gasteiger partial charge in [-0.3, -0.25) is 0 Å². The van der Waals surface area contributed by atoms with Crippen molar-refractivity contribution in [3.05, 3.63) is 83.7 Å². The van der Waals surface area contributed by atoms with Gasteiger partial charge >= 0.3 is 6.18 Å². The molecule has 1 heterocycles. The number of imidazole rings is 1. The average Bonchev–Trinajstić information content (AvgIpc) is 3.10. The molecule has 4 N–H and O–H groups in total. The molecule has 0 radical (unpaired) electrons. The number of hydrazine groups is 1. The lowest BCUT2D eigenvalue weighted by molar-refractivity contribution is -0.137. The Kier molecular flexibility index (Phi) is 5.10. The fourth-order valence-corrected chi connectivity index (χ4v) is 2.72. The lowest BCUT2D eigenvalue weighted by Gasteiger charge is -2.18. The van der Waals surface area contributed by atoms with Crippen molar-refractivity contribution in [1.82, 2.24) is 14.6 Å². The number of halogens is 4. The van der Waals surface area contributed by atoms with Crippen LogP contribution < -0.4 is 11.6 Å². The van der Waals surface area contributed by atoms with E-state index < -0.39 is 17.6 Å². The molecule has 5 nitrogen and oxygen atoms in total. The van der Waals surface area contributed by atoms with Gasteiger partial charge in [-0.05, 0) is 36.4 Å². The fourth-order valence-electron chi connectivity index (χ4n) is 2.72. The third-order valence-electron chi connectivity index (χ3n) is 4.09. The molecular formula is C19H17F4N5. The van der Waals surface area contributed by atoms with Crippen molar-refractivity contribution in [2.24, 2.45) is 11.6 Å². The van der Waals surface area contributed by atoms with Crippen molar-refractivity contribution in [2.45, 2.75) is 6.18 Å². The maximum Gasteiger partial charge on any atom is 0.416 e. The molecular weight excluding hydrogens is 374 g/mol. The van der Waals surface area contributed by atoms with Gasteiger partial charge in [0.1, 0.15) is 17.2 Å². The molecule has 146 valence electrons. The summed E-state index contributed by atoms with van der Waals surface area (Å²) in [7, 11) is 1.53. The van der Waals surface area contributed by atoms with Gasteiger partial charge in [-0.1, -0.05) is 12.1 Å². The molecule has 0 aliphatic rings.